The van der Waals surface area contributed by atoms with Crippen molar-refractivity contribution in [3.8, 4) is 11.3 Å². The van der Waals surface area contributed by atoms with Crippen LogP contribution in [0.2, 0.25) is 10.0 Å². The number of halogens is 2. The third kappa shape index (κ3) is 2.73. The van der Waals surface area contributed by atoms with Crippen LogP contribution in [0.25, 0.3) is 11.3 Å². The van der Waals surface area contributed by atoms with E-state index >= 15 is 0 Å². The van der Waals surface area contributed by atoms with Crippen LogP contribution in [-0.4, -0.2) is 23.0 Å². The smallest absolute Gasteiger partial charge is 0.254 e. The first-order valence-corrected chi connectivity index (χ1v) is 9.94. The fraction of sp³-hybridized carbons (Fsp3) is 0.286. The van der Waals surface area contributed by atoms with E-state index in [4.69, 9.17) is 27.6 Å². The molecule has 1 saturated heterocycles. The highest BCUT2D eigenvalue weighted by atomic mass is 35.5. The van der Waals surface area contributed by atoms with Gasteiger partial charge in [0.25, 0.3) is 11.8 Å². The van der Waals surface area contributed by atoms with Gasteiger partial charge in [-0.15, -0.1) is 0 Å². The number of carbonyl (C=O) groups is 2. The molecule has 4 aliphatic rings. The Balaban J connectivity index is 1.39. The zero-order valence-electron chi connectivity index (χ0n) is 14.7. The third-order valence-corrected chi connectivity index (χ3v) is 6.42. The number of hydrogen-bond donors (Lipinski definition) is 0. The first-order valence-electron chi connectivity index (χ1n) is 9.18. The molecule has 1 aliphatic heterocycles. The first-order chi connectivity index (χ1) is 13.5. The maximum atomic E-state index is 12.8. The highest BCUT2D eigenvalue weighted by molar-refractivity contribution is 6.35. The molecule has 2 bridgehead atoms. The van der Waals surface area contributed by atoms with Crippen molar-refractivity contribution in [1.82, 2.24) is 5.01 Å². The van der Waals surface area contributed by atoms with Gasteiger partial charge in [0.15, 0.2) is 0 Å². The summed E-state index contributed by atoms with van der Waals surface area (Å²) < 4.78 is 5.76. The Bertz CT molecular complexity index is 1010. The van der Waals surface area contributed by atoms with E-state index in [1.165, 1.54) is 6.21 Å². The van der Waals surface area contributed by atoms with E-state index in [2.05, 4.69) is 17.3 Å². The van der Waals surface area contributed by atoms with Crippen molar-refractivity contribution in [3.05, 3.63) is 58.3 Å². The number of imide groups is 1. The Morgan fingerprint density at radius 1 is 1.00 bits per heavy atom. The topological polar surface area (TPSA) is 62.9 Å². The summed E-state index contributed by atoms with van der Waals surface area (Å²) >= 11 is 12.2. The summed E-state index contributed by atoms with van der Waals surface area (Å²) in [5.41, 5.74) is 0.663. The van der Waals surface area contributed by atoms with Crippen molar-refractivity contribution in [2.75, 3.05) is 0 Å². The lowest BCUT2D eigenvalue weighted by Gasteiger charge is -2.37. The van der Waals surface area contributed by atoms with Crippen molar-refractivity contribution in [3.63, 3.8) is 0 Å². The van der Waals surface area contributed by atoms with Gasteiger partial charge in [-0.2, -0.15) is 10.1 Å². The summed E-state index contributed by atoms with van der Waals surface area (Å²) in [5, 5.41) is 6.23. The molecule has 1 saturated carbocycles. The van der Waals surface area contributed by atoms with Gasteiger partial charge in [0.05, 0.1) is 23.1 Å². The lowest BCUT2D eigenvalue weighted by molar-refractivity contribution is -0.140. The van der Waals surface area contributed by atoms with E-state index in [-0.39, 0.29) is 35.5 Å². The van der Waals surface area contributed by atoms with Gasteiger partial charge in [-0.3, -0.25) is 9.59 Å². The van der Waals surface area contributed by atoms with E-state index in [1.54, 1.807) is 30.3 Å². The number of allylic oxidation sites excluding steroid dienone is 2. The monoisotopic (exact) mass is 414 g/mol. The number of furan rings is 1. The van der Waals surface area contributed by atoms with Crippen molar-refractivity contribution >= 4 is 41.2 Å². The largest absolute Gasteiger partial charge is 0.455 e. The van der Waals surface area contributed by atoms with Crippen LogP contribution in [0.15, 0.2) is 52.0 Å². The third-order valence-electron chi connectivity index (χ3n) is 5.86. The summed E-state index contributed by atoms with van der Waals surface area (Å²) in [4.78, 5) is 25.5. The quantitative estimate of drug-likeness (QED) is 0.412. The minimum Gasteiger partial charge on any atom is -0.455 e. The second-order valence-electron chi connectivity index (χ2n) is 7.40. The average molecular weight is 415 g/mol. The summed E-state index contributed by atoms with van der Waals surface area (Å²) in [6, 6.07) is 8.56. The Kier molecular flexibility index (Phi) is 4.18. The molecule has 1 aromatic heterocycles. The number of rotatable bonds is 3. The van der Waals surface area contributed by atoms with Crippen molar-refractivity contribution in [1.29, 1.82) is 0 Å². The maximum absolute atomic E-state index is 12.8. The van der Waals surface area contributed by atoms with Gasteiger partial charge in [0.2, 0.25) is 0 Å². The van der Waals surface area contributed by atoms with Gasteiger partial charge in [-0.1, -0.05) is 35.4 Å². The van der Waals surface area contributed by atoms with Crippen LogP contribution >= 0.6 is 23.2 Å². The van der Waals surface area contributed by atoms with Crippen molar-refractivity contribution < 1.29 is 14.0 Å². The van der Waals surface area contributed by atoms with Crippen LogP contribution in [-0.2, 0) is 9.59 Å². The molecule has 1 aromatic carbocycles. The van der Waals surface area contributed by atoms with Gasteiger partial charge in [0, 0.05) is 10.6 Å². The molecule has 7 heteroatoms. The lowest BCUT2D eigenvalue weighted by atomic mass is 9.63. The minimum atomic E-state index is -0.272. The lowest BCUT2D eigenvalue weighted by Crippen LogP contribution is -2.38. The van der Waals surface area contributed by atoms with Gasteiger partial charge < -0.3 is 4.42 Å². The molecule has 2 amide bonds. The fourth-order valence-electron chi connectivity index (χ4n) is 4.54. The standard InChI is InChI=1S/C21H16Cl2N2O3/c22-13-5-7-16(23)15(9-13)17-8-6-14(28-17)10-24-25-20(26)18-11-1-2-12(4-3-11)19(18)21(25)27/h1-2,5-12,18-19H,3-4H2/b24-10-/t11-,12-,18-,19+/m0/s1. The summed E-state index contributed by atoms with van der Waals surface area (Å²) in [7, 11) is 0. The normalized spacial score (nSPS) is 28.6. The number of hydrogen-bond acceptors (Lipinski definition) is 4. The van der Waals surface area contributed by atoms with Crippen LogP contribution in [0.5, 0.6) is 0 Å². The van der Waals surface area contributed by atoms with E-state index in [1.807, 2.05) is 0 Å². The molecule has 5 nitrogen and oxygen atoms in total. The average Bonchev–Trinajstić information content (AvgIpc) is 3.28. The molecule has 0 unspecified atom stereocenters. The predicted octanol–water partition coefficient (Wildman–Crippen LogP) is 4.78. The second kappa shape index (κ2) is 6.61. The van der Waals surface area contributed by atoms with Gasteiger partial charge >= 0.3 is 0 Å². The fourth-order valence-corrected chi connectivity index (χ4v) is 4.92. The van der Waals surface area contributed by atoms with E-state index in [0.717, 1.165) is 17.9 Å². The number of carbonyl (C=O) groups excluding carboxylic acids is 2. The molecule has 6 rings (SSSR count). The van der Waals surface area contributed by atoms with Crippen LogP contribution in [0.4, 0.5) is 0 Å². The highest BCUT2D eigenvalue weighted by Crippen LogP contribution is 2.49. The zero-order chi connectivity index (χ0) is 19.4. The molecule has 4 atom stereocenters. The molecule has 142 valence electrons. The van der Waals surface area contributed by atoms with Crippen LogP contribution in [0, 0.1) is 23.7 Å². The number of fused-ring (bicyclic) bond motifs is 1. The number of benzene rings is 1. The van der Waals surface area contributed by atoms with Gasteiger partial charge in [-0.05, 0) is 55.0 Å². The van der Waals surface area contributed by atoms with E-state index in [9.17, 15) is 9.59 Å². The SMILES string of the molecule is O=C1[C@@H]2[C@H](C(=O)N1/N=C\c1ccc(-c3cc(Cl)ccc3Cl)o1)[C@H]1C=C[C@H]2CC1. The molecular formula is C21H16Cl2N2O3. The number of nitrogens with zero attached hydrogens (tertiary/aromatic N) is 2. The van der Waals surface area contributed by atoms with Gasteiger partial charge in [0.1, 0.15) is 11.5 Å². The minimum absolute atomic E-state index is 0.145. The summed E-state index contributed by atoms with van der Waals surface area (Å²) in [6.07, 6.45) is 7.48. The van der Waals surface area contributed by atoms with Crippen LogP contribution < -0.4 is 0 Å². The number of amides is 2. The Labute approximate surface area is 171 Å². The summed E-state index contributed by atoms with van der Waals surface area (Å²) in [6.45, 7) is 0. The van der Waals surface area contributed by atoms with E-state index < -0.39 is 0 Å². The molecular weight excluding hydrogens is 399 g/mol. The summed E-state index contributed by atoms with van der Waals surface area (Å²) in [5.74, 6) is 0.270. The van der Waals surface area contributed by atoms with E-state index in [0.29, 0.717) is 27.1 Å². The molecule has 28 heavy (non-hydrogen) atoms. The molecule has 2 aromatic rings. The van der Waals surface area contributed by atoms with Crippen LogP contribution in [0.1, 0.15) is 18.6 Å². The van der Waals surface area contributed by atoms with Gasteiger partial charge in [-0.25, -0.2) is 0 Å². The van der Waals surface area contributed by atoms with Crippen molar-refractivity contribution in [2.24, 2.45) is 28.8 Å². The highest BCUT2D eigenvalue weighted by Gasteiger charge is 2.56. The molecule has 2 heterocycles. The van der Waals surface area contributed by atoms with Crippen LogP contribution in [0.3, 0.4) is 0 Å². The molecule has 0 radical (unpaired) electrons. The maximum Gasteiger partial charge on any atom is 0.254 e. The Hall–Kier alpha value is -2.37. The Morgan fingerprint density at radius 2 is 1.68 bits per heavy atom. The predicted molar refractivity (Wildman–Crippen MR) is 106 cm³/mol. The number of hydrazone groups is 1. The molecule has 2 fully saturated rings. The molecule has 3 aliphatic carbocycles. The second-order valence-corrected chi connectivity index (χ2v) is 8.24. The first kappa shape index (κ1) is 17.7. The Morgan fingerprint density at radius 3 is 2.32 bits per heavy atom. The van der Waals surface area contributed by atoms with Crippen molar-refractivity contribution in [2.45, 2.75) is 12.8 Å². The zero-order valence-corrected chi connectivity index (χ0v) is 16.2. The molecule has 0 N–H and O–H groups in total. The molecule has 0 spiro atoms.